The lowest BCUT2D eigenvalue weighted by atomic mass is 9.95. The minimum absolute atomic E-state index is 0.530. The van der Waals surface area contributed by atoms with E-state index in [4.69, 9.17) is 34.8 Å². The van der Waals surface area contributed by atoms with E-state index in [1.165, 1.54) is 0 Å². The van der Waals surface area contributed by atoms with Crippen molar-refractivity contribution >= 4 is 40.7 Å². The van der Waals surface area contributed by atoms with Gasteiger partial charge in [-0.15, -0.1) is 0 Å². The van der Waals surface area contributed by atoms with E-state index in [-0.39, 0.29) is 0 Å². The van der Waals surface area contributed by atoms with Gasteiger partial charge in [0.2, 0.25) is 15.5 Å². The van der Waals surface area contributed by atoms with Gasteiger partial charge in [-0.05, 0) is 0 Å². The van der Waals surface area contributed by atoms with Crippen molar-refractivity contribution in [2.45, 2.75) is 30.7 Å². The van der Waals surface area contributed by atoms with E-state index in [1.54, 1.807) is 25.8 Å². The molecule has 0 aliphatic carbocycles. The van der Waals surface area contributed by atoms with Crippen LogP contribution in [0.15, 0.2) is 15.8 Å². The number of carbonyl (C=O) groups excluding carboxylic acids is 1. The Morgan fingerprint density at radius 1 is 1.33 bits per heavy atom. The summed E-state index contributed by atoms with van der Waals surface area (Å²) in [6, 6.07) is 0. The van der Waals surface area contributed by atoms with E-state index in [0.29, 0.717) is 10.8 Å². The standard InChI is InChI=1S/C11H13Cl3FN3O3/c1-10(2,3)8(20)17-7(11(12,13)14)18-4-5(15)6(19)16-9(18)21/h4,7H,1-3H3,(H,17,20)(H,16,19,21)/t7-/m1/s1. The third-order valence-corrected chi connectivity index (χ3v) is 3.08. The molecule has 10 heteroatoms. The zero-order valence-corrected chi connectivity index (χ0v) is 13.6. The first kappa shape index (κ1) is 18.0. The van der Waals surface area contributed by atoms with Crippen molar-refractivity contribution in [2.75, 3.05) is 0 Å². The summed E-state index contributed by atoms with van der Waals surface area (Å²) >= 11 is 17.2. The molecule has 0 aliphatic heterocycles. The number of halogens is 4. The van der Waals surface area contributed by atoms with Crippen molar-refractivity contribution in [1.29, 1.82) is 0 Å². The van der Waals surface area contributed by atoms with Crippen LogP contribution in [-0.4, -0.2) is 19.3 Å². The Kier molecular flexibility index (Phi) is 5.13. The van der Waals surface area contributed by atoms with Crippen LogP contribution >= 0.6 is 34.8 Å². The third kappa shape index (κ3) is 4.46. The highest BCUT2D eigenvalue weighted by molar-refractivity contribution is 6.67. The number of carbonyl (C=O) groups is 1. The third-order valence-electron chi connectivity index (χ3n) is 2.46. The molecule has 1 atom stereocenters. The molecule has 0 aliphatic rings. The minimum atomic E-state index is -2.14. The lowest BCUT2D eigenvalue weighted by Gasteiger charge is -2.29. The summed E-state index contributed by atoms with van der Waals surface area (Å²) in [7, 11) is 0. The molecule has 1 rings (SSSR count). The van der Waals surface area contributed by atoms with Crippen LogP contribution in [0.1, 0.15) is 26.9 Å². The number of amides is 1. The van der Waals surface area contributed by atoms with Gasteiger partial charge in [0.05, 0.1) is 6.20 Å². The van der Waals surface area contributed by atoms with Gasteiger partial charge in [-0.25, -0.2) is 4.79 Å². The van der Waals surface area contributed by atoms with Gasteiger partial charge >= 0.3 is 5.69 Å². The Balaban J connectivity index is 3.35. The Bertz CT molecular complexity index is 658. The summed E-state index contributed by atoms with van der Waals surface area (Å²) in [5.74, 6) is -1.78. The average molecular weight is 361 g/mol. The molecule has 0 radical (unpaired) electrons. The highest BCUT2D eigenvalue weighted by atomic mass is 35.6. The van der Waals surface area contributed by atoms with Crippen LogP contribution in [0.3, 0.4) is 0 Å². The van der Waals surface area contributed by atoms with Gasteiger partial charge in [0.1, 0.15) is 0 Å². The van der Waals surface area contributed by atoms with Crippen molar-refractivity contribution in [3.63, 3.8) is 0 Å². The first-order valence-corrected chi connectivity index (χ1v) is 6.86. The summed E-state index contributed by atoms with van der Waals surface area (Å²) in [5.41, 5.74) is -3.06. The molecular formula is C11H13Cl3FN3O3. The largest absolute Gasteiger partial charge is 0.331 e. The quantitative estimate of drug-likeness (QED) is 0.788. The predicted molar refractivity (Wildman–Crippen MR) is 78.2 cm³/mol. The molecule has 0 bridgehead atoms. The average Bonchev–Trinajstić information content (AvgIpc) is 2.28. The number of aromatic nitrogens is 2. The van der Waals surface area contributed by atoms with Crippen LogP contribution in [-0.2, 0) is 4.79 Å². The Labute approximate surface area is 134 Å². The number of hydrogen-bond donors (Lipinski definition) is 2. The van der Waals surface area contributed by atoms with E-state index in [1.807, 2.05) is 0 Å². The monoisotopic (exact) mass is 359 g/mol. The molecule has 0 spiro atoms. The summed E-state index contributed by atoms with van der Waals surface area (Å²) in [6.07, 6.45) is -0.926. The highest BCUT2D eigenvalue weighted by Gasteiger charge is 2.38. The van der Waals surface area contributed by atoms with Gasteiger partial charge in [-0.1, -0.05) is 55.6 Å². The molecule has 1 heterocycles. The lowest BCUT2D eigenvalue weighted by Crippen LogP contribution is -2.49. The predicted octanol–water partition coefficient (Wildman–Crippen LogP) is 1.71. The number of nitrogens with one attached hydrogen (secondary N) is 2. The molecule has 0 aromatic carbocycles. The van der Waals surface area contributed by atoms with Crippen LogP contribution in [0.25, 0.3) is 0 Å². The van der Waals surface area contributed by atoms with E-state index in [2.05, 4.69) is 5.32 Å². The zero-order chi connectivity index (χ0) is 16.6. The molecule has 0 saturated heterocycles. The molecule has 0 fully saturated rings. The van der Waals surface area contributed by atoms with Crippen LogP contribution < -0.4 is 16.6 Å². The molecule has 1 aromatic rings. The molecule has 2 N–H and O–H groups in total. The van der Waals surface area contributed by atoms with Gasteiger partial charge in [0.15, 0.2) is 6.17 Å². The fourth-order valence-corrected chi connectivity index (χ4v) is 1.78. The maximum absolute atomic E-state index is 13.3. The molecule has 0 saturated carbocycles. The van der Waals surface area contributed by atoms with Crippen molar-refractivity contribution in [3.05, 3.63) is 32.9 Å². The van der Waals surface area contributed by atoms with Crippen LogP contribution in [0, 0.1) is 11.2 Å². The molecule has 1 amide bonds. The van der Waals surface area contributed by atoms with Crippen molar-refractivity contribution in [2.24, 2.45) is 5.41 Å². The molecule has 6 nitrogen and oxygen atoms in total. The van der Waals surface area contributed by atoms with E-state index < -0.39 is 38.3 Å². The van der Waals surface area contributed by atoms with E-state index in [9.17, 15) is 18.8 Å². The first-order valence-electron chi connectivity index (χ1n) is 5.72. The number of H-pyrrole nitrogens is 1. The fourth-order valence-electron chi connectivity index (χ4n) is 1.30. The van der Waals surface area contributed by atoms with Crippen LogP contribution in [0.4, 0.5) is 4.39 Å². The number of nitrogens with zero attached hydrogens (tertiary/aromatic N) is 1. The fraction of sp³-hybridized carbons (Fsp3) is 0.545. The van der Waals surface area contributed by atoms with Gasteiger partial charge in [0, 0.05) is 5.41 Å². The number of alkyl halides is 3. The Hall–Kier alpha value is -1.05. The number of hydrogen-bond acceptors (Lipinski definition) is 3. The van der Waals surface area contributed by atoms with E-state index in [0.717, 1.165) is 0 Å². The summed E-state index contributed by atoms with van der Waals surface area (Å²) < 4.78 is 11.8. The SMILES string of the molecule is CC(C)(C)C(=O)N[C@H](n1cc(F)c(=O)[nH]c1=O)C(Cl)(Cl)Cl. The second kappa shape index (κ2) is 5.98. The minimum Gasteiger partial charge on any atom is -0.331 e. The second-order valence-corrected chi connectivity index (χ2v) is 7.68. The zero-order valence-electron chi connectivity index (χ0n) is 11.3. The summed E-state index contributed by atoms with van der Waals surface area (Å²) in [4.78, 5) is 36.5. The summed E-state index contributed by atoms with van der Waals surface area (Å²) in [5, 5.41) is 2.34. The molecule has 118 valence electrons. The topological polar surface area (TPSA) is 84.0 Å². The normalized spacial score (nSPS) is 13.9. The van der Waals surface area contributed by atoms with Crippen molar-refractivity contribution < 1.29 is 9.18 Å². The smallest absolute Gasteiger partial charge is 0.330 e. The van der Waals surface area contributed by atoms with Crippen LogP contribution in [0.2, 0.25) is 0 Å². The molecule has 0 unspecified atom stereocenters. The second-order valence-electron chi connectivity index (χ2n) is 5.31. The molecular weight excluding hydrogens is 347 g/mol. The maximum atomic E-state index is 13.3. The number of aromatic amines is 1. The van der Waals surface area contributed by atoms with Crippen molar-refractivity contribution in [3.8, 4) is 0 Å². The van der Waals surface area contributed by atoms with Gasteiger partial charge in [-0.3, -0.25) is 19.1 Å². The summed E-state index contributed by atoms with van der Waals surface area (Å²) in [6.45, 7) is 4.82. The Morgan fingerprint density at radius 3 is 2.29 bits per heavy atom. The first-order chi connectivity index (χ1) is 9.34. The highest BCUT2D eigenvalue weighted by Crippen LogP contribution is 2.36. The maximum Gasteiger partial charge on any atom is 0.330 e. The van der Waals surface area contributed by atoms with Crippen LogP contribution in [0.5, 0.6) is 0 Å². The van der Waals surface area contributed by atoms with Gasteiger partial charge in [0.25, 0.3) is 5.56 Å². The van der Waals surface area contributed by atoms with Gasteiger partial charge in [-0.2, -0.15) is 4.39 Å². The van der Waals surface area contributed by atoms with Crippen molar-refractivity contribution in [1.82, 2.24) is 14.9 Å². The molecule has 21 heavy (non-hydrogen) atoms. The van der Waals surface area contributed by atoms with Gasteiger partial charge < -0.3 is 5.32 Å². The lowest BCUT2D eigenvalue weighted by molar-refractivity contribution is -0.129. The molecule has 1 aromatic heterocycles. The Morgan fingerprint density at radius 2 is 1.86 bits per heavy atom. The van der Waals surface area contributed by atoms with E-state index >= 15 is 0 Å². The number of rotatable bonds is 2.